The van der Waals surface area contributed by atoms with Crippen molar-refractivity contribution in [1.82, 2.24) is 4.98 Å². The first-order valence-electron chi connectivity index (χ1n) is 4.90. The number of nitrogens with zero attached hydrogens (tertiary/aromatic N) is 1. The highest BCUT2D eigenvalue weighted by Crippen LogP contribution is 2.29. The molecule has 2 rings (SSSR count). The molecule has 1 atom stereocenters. The zero-order valence-electron chi connectivity index (χ0n) is 8.90. The molecule has 2 aromatic rings. The van der Waals surface area contributed by atoms with Crippen LogP contribution in [0.25, 0.3) is 10.8 Å². The number of hydrogen-bond acceptors (Lipinski definition) is 3. The smallest absolute Gasteiger partial charge is 0.126 e. The first-order valence-corrected chi connectivity index (χ1v) is 4.90. The third-order valence-electron chi connectivity index (χ3n) is 2.52. The van der Waals surface area contributed by atoms with Gasteiger partial charge in [-0.15, -0.1) is 0 Å². The van der Waals surface area contributed by atoms with Gasteiger partial charge in [-0.3, -0.25) is 4.98 Å². The van der Waals surface area contributed by atoms with E-state index >= 15 is 0 Å². The lowest BCUT2D eigenvalue weighted by Crippen LogP contribution is -2.05. The van der Waals surface area contributed by atoms with Crippen molar-refractivity contribution >= 4 is 10.8 Å². The molecule has 0 amide bonds. The Morgan fingerprint density at radius 2 is 2.07 bits per heavy atom. The van der Waals surface area contributed by atoms with Crippen molar-refractivity contribution in [2.24, 2.45) is 5.73 Å². The molecule has 0 saturated carbocycles. The van der Waals surface area contributed by atoms with Crippen LogP contribution < -0.4 is 10.5 Å². The molecule has 15 heavy (non-hydrogen) atoms. The van der Waals surface area contributed by atoms with Gasteiger partial charge in [-0.2, -0.15) is 0 Å². The lowest BCUT2D eigenvalue weighted by Gasteiger charge is -2.12. The van der Waals surface area contributed by atoms with Crippen molar-refractivity contribution in [1.29, 1.82) is 0 Å². The molecule has 0 aliphatic carbocycles. The Bertz CT molecular complexity index is 480. The number of hydrogen-bond donors (Lipinski definition) is 1. The molecular formula is C12H14N2O. The summed E-state index contributed by atoms with van der Waals surface area (Å²) in [6.07, 6.45) is 3.59. The number of rotatable bonds is 2. The van der Waals surface area contributed by atoms with E-state index in [-0.39, 0.29) is 6.04 Å². The van der Waals surface area contributed by atoms with Gasteiger partial charge in [0.05, 0.1) is 7.11 Å². The Hall–Kier alpha value is -1.61. The fraction of sp³-hybridized carbons (Fsp3) is 0.250. The van der Waals surface area contributed by atoms with Crippen molar-refractivity contribution in [2.75, 3.05) is 7.11 Å². The minimum Gasteiger partial charge on any atom is -0.496 e. The maximum Gasteiger partial charge on any atom is 0.126 e. The van der Waals surface area contributed by atoms with Gasteiger partial charge in [-0.25, -0.2) is 0 Å². The maximum atomic E-state index is 5.90. The van der Waals surface area contributed by atoms with Crippen LogP contribution in [-0.2, 0) is 0 Å². The second-order valence-corrected chi connectivity index (χ2v) is 3.57. The standard InChI is InChI=1S/C12H14N2O/c1-8(13)9-3-4-12(15-2)10-5-6-14-7-11(9)10/h3-8H,13H2,1-2H3. The zero-order valence-corrected chi connectivity index (χ0v) is 8.90. The van der Waals surface area contributed by atoms with Crippen molar-refractivity contribution in [2.45, 2.75) is 13.0 Å². The van der Waals surface area contributed by atoms with Gasteiger partial charge in [-0.1, -0.05) is 6.07 Å². The Morgan fingerprint density at radius 3 is 2.73 bits per heavy atom. The molecule has 0 saturated heterocycles. The summed E-state index contributed by atoms with van der Waals surface area (Å²) in [5.41, 5.74) is 7.00. The topological polar surface area (TPSA) is 48.1 Å². The first-order chi connectivity index (χ1) is 7.24. The van der Waals surface area contributed by atoms with Gasteiger partial charge in [-0.05, 0) is 24.6 Å². The van der Waals surface area contributed by atoms with E-state index in [0.29, 0.717) is 0 Å². The normalized spacial score (nSPS) is 12.7. The van der Waals surface area contributed by atoms with Crippen LogP contribution in [0.3, 0.4) is 0 Å². The van der Waals surface area contributed by atoms with E-state index in [9.17, 15) is 0 Å². The van der Waals surface area contributed by atoms with E-state index in [4.69, 9.17) is 10.5 Å². The van der Waals surface area contributed by atoms with Gasteiger partial charge in [0.1, 0.15) is 5.75 Å². The molecule has 0 fully saturated rings. The van der Waals surface area contributed by atoms with Crippen LogP contribution in [0.1, 0.15) is 18.5 Å². The van der Waals surface area contributed by atoms with Gasteiger partial charge < -0.3 is 10.5 Å². The van der Waals surface area contributed by atoms with Crippen molar-refractivity contribution in [3.63, 3.8) is 0 Å². The van der Waals surface area contributed by atoms with E-state index in [1.54, 1.807) is 13.3 Å². The van der Waals surface area contributed by atoms with E-state index in [0.717, 1.165) is 22.1 Å². The summed E-state index contributed by atoms with van der Waals surface area (Å²) in [7, 11) is 1.67. The third-order valence-corrected chi connectivity index (χ3v) is 2.52. The minimum atomic E-state index is 0.00241. The fourth-order valence-electron chi connectivity index (χ4n) is 1.76. The molecule has 0 aliphatic rings. The van der Waals surface area contributed by atoms with Crippen LogP contribution in [0, 0.1) is 0 Å². The summed E-state index contributed by atoms with van der Waals surface area (Å²) >= 11 is 0. The molecule has 0 aliphatic heterocycles. The molecule has 2 N–H and O–H groups in total. The second kappa shape index (κ2) is 3.87. The number of methoxy groups -OCH3 is 1. The molecular weight excluding hydrogens is 188 g/mol. The van der Waals surface area contributed by atoms with Crippen LogP contribution in [0.15, 0.2) is 30.6 Å². The maximum absolute atomic E-state index is 5.90. The highest BCUT2D eigenvalue weighted by Gasteiger charge is 2.08. The zero-order chi connectivity index (χ0) is 10.8. The molecule has 78 valence electrons. The summed E-state index contributed by atoms with van der Waals surface area (Å²) in [6.45, 7) is 1.97. The number of pyridine rings is 1. The molecule has 0 spiro atoms. The fourth-order valence-corrected chi connectivity index (χ4v) is 1.76. The lowest BCUT2D eigenvalue weighted by atomic mass is 10.0. The number of nitrogens with two attached hydrogens (primary N) is 1. The summed E-state index contributed by atoms with van der Waals surface area (Å²) in [5, 5.41) is 2.12. The monoisotopic (exact) mass is 202 g/mol. The Morgan fingerprint density at radius 1 is 1.27 bits per heavy atom. The van der Waals surface area contributed by atoms with Gasteiger partial charge in [0.15, 0.2) is 0 Å². The minimum absolute atomic E-state index is 0.00241. The number of benzene rings is 1. The van der Waals surface area contributed by atoms with E-state index in [1.165, 1.54) is 0 Å². The molecule has 0 bridgehead atoms. The Kier molecular flexibility index (Phi) is 2.56. The predicted octanol–water partition coefficient (Wildman–Crippen LogP) is 2.26. The Labute approximate surface area is 88.9 Å². The van der Waals surface area contributed by atoms with E-state index in [2.05, 4.69) is 4.98 Å². The van der Waals surface area contributed by atoms with Gasteiger partial charge in [0.25, 0.3) is 0 Å². The van der Waals surface area contributed by atoms with E-state index < -0.39 is 0 Å². The quantitative estimate of drug-likeness (QED) is 0.812. The lowest BCUT2D eigenvalue weighted by molar-refractivity contribution is 0.419. The van der Waals surface area contributed by atoms with Crippen LogP contribution in [0.2, 0.25) is 0 Å². The number of ether oxygens (including phenoxy) is 1. The van der Waals surface area contributed by atoms with Gasteiger partial charge >= 0.3 is 0 Å². The molecule has 0 radical (unpaired) electrons. The molecule has 1 aromatic carbocycles. The van der Waals surface area contributed by atoms with Crippen LogP contribution in [0.5, 0.6) is 5.75 Å². The predicted molar refractivity (Wildman–Crippen MR) is 60.9 cm³/mol. The summed E-state index contributed by atoms with van der Waals surface area (Å²) in [4.78, 5) is 4.12. The molecule has 3 heteroatoms. The van der Waals surface area contributed by atoms with Crippen molar-refractivity contribution in [3.8, 4) is 5.75 Å². The average molecular weight is 202 g/mol. The van der Waals surface area contributed by atoms with E-state index in [1.807, 2.05) is 31.3 Å². The molecule has 1 unspecified atom stereocenters. The highest BCUT2D eigenvalue weighted by atomic mass is 16.5. The average Bonchev–Trinajstić information content (AvgIpc) is 2.27. The molecule has 1 aromatic heterocycles. The third kappa shape index (κ3) is 1.66. The number of aromatic nitrogens is 1. The van der Waals surface area contributed by atoms with Crippen molar-refractivity contribution < 1.29 is 4.74 Å². The van der Waals surface area contributed by atoms with Crippen LogP contribution in [0.4, 0.5) is 0 Å². The first kappa shape index (κ1) is 9.93. The Balaban J connectivity index is 2.77. The second-order valence-electron chi connectivity index (χ2n) is 3.57. The van der Waals surface area contributed by atoms with Crippen LogP contribution in [-0.4, -0.2) is 12.1 Å². The van der Waals surface area contributed by atoms with Crippen LogP contribution >= 0.6 is 0 Å². The molecule has 1 heterocycles. The van der Waals surface area contributed by atoms with Gasteiger partial charge in [0.2, 0.25) is 0 Å². The largest absolute Gasteiger partial charge is 0.496 e. The molecule has 3 nitrogen and oxygen atoms in total. The number of fused-ring (bicyclic) bond motifs is 1. The SMILES string of the molecule is COc1ccc(C(C)N)c2cnccc12. The summed E-state index contributed by atoms with van der Waals surface area (Å²) < 4.78 is 5.29. The van der Waals surface area contributed by atoms with Crippen molar-refractivity contribution in [3.05, 3.63) is 36.2 Å². The summed E-state index contributed by atoms with van der Waals surface area (Å²) in [5.74, 6) is 0.858. The van der Waals surface area contributed by atoms with Gasteiger partial charge in [0, 0.05) is 29.2 Å². The highest BCUT2D eigenvalue weighted by molar-refractivity contribution is 5.90. The summed E-state index contributed by atoms with van der Waals surface area (Å²) in [6, 6.07) is 5.89.